The average molecular weight is 565 g/mol. The number of anilines is 1. The number of aliphatic carboxylic acids is 1. The maximum Gasteiger partial charge on any atom is 0.322 e. The number of rotatable bonds is 10. The average Bonchev–Trinajstić information content (AvgIpc) is 2.92. The van der Waals surface area contributed by atoms with Crippen molar-refractivity contribution in [2.45, 2.75) is 23.9 Å². The van der Waals surface area contributed by atoms with Crippen LogP contribution in [0, 0.1) is 0 Å². The Balaban J connectivity index is 1.40. The van der Waals surface area contributed by atoms with Crippen molar-refractivity contribution in [3.05, 3.63) is 113 Å². The number of hydrogen-bond donors (Lipinski definition) is 4. The summed E-state index contributed by atoms with van der Waals surface area (Å²) in [5.74, 6) is -1.30. The summed E-state index contributed by atoms with van der Waals surface area (Å²) < 4.78 is 27.6. The fourth-order valence-electron chi connectivity index (χ4n) is 3.76. The maximum absolute atomic E-state index is 12.7. The van der Waals surface area contributed by atoms with Crippen LogP contribution in [0.4, 0.5) is 10.5 Å². The summed E-state index contributed by atoms with van der Waals surface area (Å²) in [5, 5.41) is 15.4. The van der Waals surface area contributed by atoms with E-state index in [4.69, 9.17) is 11.6 Å². The van der Waals surface area contributed by atoms with Crippen LogP contribution in [-0.4, -0.2) is 36.6 Å². The molecule has 200 valence electrons. The van der Waals surface area contributed by atoms with E-state index in [1.807, 2.05) is 30.3 Å². The third-order valence-electron chi connectivity index (χ3n) is 5.71. The molecule has 4 rings (SSSR count). The van der Waals surface area contributed by atoms with Crippen molar-refractivity contribution in [3.8, 4) is 11.1 Å². The van der Waals surface area contributed by atoms with Gasteiger partial charge in [0.15, 0.2) is 0 Å². The molecule has 1 unspecified atom stereocenters. The number of nitrogens with zero attached hydrogens (tertiary/aromatic N) is 1. The number of benzene rings is 3. The summed E-state index contributed by atoms with van der Waals surface area (Å²) in [7, 11) is -4.09. The highest BCUT2D eigenvalue weighted by Crippen LogP contribution is 2.24. The first kappa shape index (κ1) is 27.8. The Morgan fingerprint density at radius 2 is 1.67 bits per heavy atom. The Bertz CT molecular complexity index is 1560. The molecule has 39 heavy (non-hydrogen) atoms. The molecule has 1 atom stereocenters. The van der Waals surface area contributed by atoms with Crippen molar-refractivity contribution in [2.24, 2.45) is 0 Å². The molecule has 0 fully saturated rings. The molecular formula is C28H25ClN4O5S. The molecule has 0 aliphatic rings. The van der Waals surface area contributed by atoms with Gasteiger partial charge in [-0.25, -0.2) is 13.2 Å². The van der Waals surface area contributed by atoms with E-state index in [2.05, 4.69) is 20.3 Å². The third-order valence-corrected chi connectivity index (χ3v) is 7.41. The van der Waals surface area contributed by atoms with Crippen molar-refractivity contribution < 1.29 is 23.1 Å². The molecule has 0 bridgehead atoms. The van der Waals surface area contributed by atoms with Gasteiger partial charge in [-0.2, -0.15) is 4.72 Å². The van der Waals surface area contributed by atoms with E-state index in [1.54, 1.807) is 42.6 Å². The molecule has 4 aromatic rings. The lowest BCUT2D eigenvalue weighted by Crippen LogP contribution is -2.42. The van der Waals surface area contributed by atoms with Crippen LogP contribution in [0.2, 0.25) is 5.02 Å². The zero-order chi connectivity index (χ0) is 27.8. The molecule has 0 aliphatic heterocycles. The molecule has 2 amide bonds. The van der Waals surface area contributed by atoms with Crippen molar-refractivity contribution in [2.75, 3.05) is 5.32 Å². The van der Waals surface area contributed by atoms with Gasteiger partial charge in [0.1, 0.15) is 6.04 Å². The second kappa shape index (κ2) is 12.5. The maximum atomic E-state index is 12.7. The Morgan fingerprint density at radius 1 is 0.897 bits per heavy atom. The number of halogens is 1. The summed E-state index contributed by atoms with van der Waals surface area (Å²) in [6.45, 7) is 0.292. The summed E-state index contributed by atoms with van der Waals surface area (Å²) in [6, 6.07) is 23.7. The highest BCUT2D eigenvalue weighted by molar-refractivity contribution is 7.89. The largest absolute Gasteiger partial charge is 0.480 e. The van der Waals surface area contributed by atoms with Crippen LogP contribution >= 0.6 is 11.6 Å². The highest BCUT2D eigenvalue weighted by atomic mass is 35.5. The number of amides is 2. The normalized spacial score (nSPS) is 11.9. The van der Waals surface area contributed by atoms with E-state index in [1.165, 1.54) is 24.3 Å². The molecule has 1 heterocycles. The Labute approximate surface area is 230 Å². The SMILES string of the molecule is O=C(NCc1ccccn1)Nc1cccc(-c2ccc(CC(NS(=O)(=O)c3cccc(Cl)c3)C(=O)O)cc2)c1. The highest BCUT2D eigenvalue weighted by Gasteiger charge is 2.26. The fraction of sp³-hybridized carbons (Fsp3) is 0.107. The second-order valence-corrected chi connectivity index (χ2v) is 10.7. The van der Waals surface area contributed by atoms with Gasteiger partial charge in [-0.1, -0.05) is 60.1 Å². The molecule has 9 nitrogen and oxygen atoms in total. The second-order valence-electron chi connectivity index (χ2n) is 8.58. The molecule has 0 radical (unpaired) electrons. The summed E-state index contributed by atoms with van der Waals surface area (Å²) in [6.07, 6.45) is 1.60. The minimum atomic E-state index is -4.09. The van der Waals surface area contributed by atoms with Gasteiger partial charge in [-0.05, 0) is 65.6 Å². The van der Waals surface area contributed by atoms with Gasteiger partial charge in [0.25, 0.3) is 0 Å². The van der Waals surface area contributed by atoms with E-state index < -0.39 is 22.0 Å². The number of sulfonamides is 1. The van der Waals surface area contributed by atoms with E-state index in [-0.39, 0.29) is 22.4 Å². The number of carbonyl (C=O) groups excluding carboxylic acids is 1. The van der Waals surface area contributed by atoms with Crippen molar-refractivity contribution in [1.82, 2.24) is 15.0 Å². The first-order valence-corrected chi connectivity index (χ1v) is 13.7. The summed E-state index contributed by atoms with van der Waals surface area (Å²) >= 11 is 5.88. The van der Waals surface area contributed by atoms with E-state index in [9.17, 15) is 23.1 Å². The first-order valence-electron chi connectivity index (χ1n) is 11.8. The lowest BCUT2D eigenvalue weighted by Gasteiger charge is -2.15. The number of carboxylic acid groups (broad SMARTS) is 1. The van der Waals surface area contributed by atoms with Gasteiger partial charge in [0.05, 0.1) is 17.1 Å². The number of pyridine rings is 1. The van der Waals surface area contributed by atoms with Crippen LogP contribution in [0.25, 0.3) is 11.1 Å². The minimum absolute atomic E-state index is 0.0621. The van der Waals surface area contributed by atoms with Crippen LogP contribution in [0.3, 0.4) is 0 Å². The number of hydrogen-bond acceptors (Lipinski definition) is 5. The standard InChI is InChI=1S/C28H25ClN4O5S/c29-22-6-4-9-25(17-22)39(37,38)33-26(27(34)35)15-19-10-12-20(13-11-19)21-5-3-8-23(16-21)32-28(36)31-18-24-7-1-2-14-30-24/h1-14,16-17,26,33H,15,18H2,(H,34,35)(H2,31,32,36). The van der Waals surface area contributed by atoms with Crippen LogP contribution in [0.15, 0.2) is 102 Å². The van der Waals surface area contributed by atoms with Gasteiger partial charge in [-0.3, -0.25) is 9.78 Å². The molecule has 0 saturated heterocycles. The van der Waals surface area contributed by atoms with E-state index >= 15 is 0 Å². The van der Waals surface area contributed by atoms with Crippen molar-refractivity contribution in [1.29, 1.82) is 0 Å². The Hall–Kier alpha value is -4.25. The van der Waals surface area contributed by atoms with Crippen molar-refractivity contribution >= 4 is 39.3 Å². The molecule has 11 heteroatoms. The summed E-state index contributed by atoms with van der Waals surface area (Å²) in [5.41, 5.74) is 3.63. The predicted molar refractivity (Wildman–Crippen MR) is 149 cm³/mol. The molecular weight excluding hydrogens is 540 g/mol. The molecule has 4 N–H and O–H groups in total. The van der Waals surface area contributed by atoms with Gasteiger partial charge in [0.2, 0.25) is 10.0 Å². The van der Waals surface area contributed by atoms with Crippen molar-refractivity contribution in [3.63, 3.8) is 0 Å². The number of carboxylic acids is 1. The van der Waals surface area contributed by atoms with Gasteiger partial charge < -0.3 is 15.7 Å². The van der Waals surface area contributed by atoms with Gasteiger partial charge in [0, 0.05) is 16.9 Å². The smallest absolute Gasteiger partial charge is 0.322 e. The van der Waals surface area contributed by atoms with E-state index in [0.717, 1.165) is 16.8 Å². The first-order chi connectivity index (χ1) is 18.7. The molecule has 1 aromatic heterocycles. The monoisotopic (exact) mass is 564 g/mol. The zero-order valence-electron chi connectivity index (χ0n) is 20.5. The van der Waals surface area contributed by atoms with E-state index in [0.29, 0.717) is 17.8 Å². The quantitative estimate of drug-likeness (QED) is 0.220. The zero-order valence-corrected chi connectivity index (χ0v) is 22.1. The van der Waals surface area contributed by atoms with Crippen LogP contribution in [0.5, 0.6) is 0 Å². The Kier molecular flexibility index (Phi) is 8.92. The van der Waals surface area contributed by atoms with Crippen LogP contribution in [0.1, 0.15) is 11.3 Å². The Morgan fingerprint density at radius 3 is 2.36 bits per heavy atom. The number of aromatic nitrogens is 1. The van der Waals surface area contributed by atoms with Crippen LogP contribution < -0.4 is 15.4 Å². The molecule has 0 saturated carbocycles. The number of nitrogens with one attached hydrogen (secondary N) is 3. The topological polar surface area (TPSA) is 137 Å². The minimum Gasteiger partial charge on any atom is -0.480 e. The predicted octanol–water partition coefficient (Wildman–Crippen LogP) is 4.70. The number of carbonyl (C=O) groups is 2. The van der Waals surface area contributed by atoms with Gasteiger partial charge >= 0.3 is 12.0 Å². The lowest BCUT2D eigenvalue weighted by molar-refractivity contribution is -0.138. The molecule has 3 aromatic carbocycles. The molecule has 0 aliphatic carbocycles. The fourth-order valence-corrected chi connectivity index (χ4v) is 5.25. The van der Waals surface area contributed by atoms with Crippen LogP contribution in [-0.2, 0) is 27.8 Å². The lowest BCUT2D eigenvalue weighted by atomic mass is 10.0. The third kappa shape index (κ3) is 7.87. The molecule has 0 spiro atoms. The summed E-state index contributed by atoms with van der Waals surface area (Å²) in [4.78, 5) is 28.2. The van der Waals surface area contributed by atoms with Gasteiger partial charge in [-0.15, -0.1) is 0 Å². The number of urea groups is 1.